The van der Waals surface area contributed by atoms with Gasteiger partial charge in [-0.25, -0.2) is 4.79 Å². The topological polar surface area (TPSA) is 78.6 Å². The van der Waals surface area contributed by atoms with E-state index in [1.165, 1.54) is 0 Å². The van der Waals surface area contributed by atoms with Gasteiger partial charge in [-0.1, -0.05) is 0 Å². The molecule has 1 heterocycles. The quantitative estimate of drug-likeness (QED) is 0.525. The SMILES string of the molecule is NCCNC(=O)N1CCC(O)CC1. The van der Waals surface area contributed by atoms with Gasteiger partial charge in [-0.2, -0.15) is 0 Å². The molecule has 5 nitrogen and oxygen atoms in total. The Morgan fingerprint density at radius 2 is 2.15 bits per heavy atom. The number of urea groups is 1. The van der Waals surface area contributed by atoms with Crippen LogP contribution in [-0.2, 0) is 0 Å². The summed E-state index contributed by atoms with van der Waals surface area (Å²) >= 11 is 0. The van der Waals surface area contributed by atoms with Crippen molar-refractivity contribution in [3.05, 3.63) is 0 Å². The second-order valence-electron chi connectivity index (χ2n) is 3.24. The maximum atomic E-state index is 11.3. The first-order valence-corrected chi connectivity index (χ1v) is 4.65. The molecule has 0 bridgehead atoms. The summed E-state index contributed by atoms with van der Waals surface area (Å²) in [7, 11) is 0. The highest BCUT2D eigenvalue weighted by atomic mass is 16.3. The van der Waals surface area contributed by atoms with Gasteiger partial charge in [0.05, 0.1) is 6.10 Å². The van der Waals surface area contributed by atoms with Gasteiger partial charge in [0.2, 0.25) is 0 Å². The van der Waals surface area contributed by atoms with Gasteiger partial charge in [-0.15, -0.1) is 0 Å². The fraction of sp³-hybridized carbons (Fsp3) is 0.875. The normalized spacial score (nSPS) is 18.8. The summed E-state index contributed by atoms with van der Waals surface area (Å²) < 4.78 is 0. The van der Waals surface area contributed by atoms with E-state index in [9.17, 15) is 9.90 Å². The molecule has 0 aromatic carbocycles. The summed E-state index contributed by atoms with van der Waals surface area (Å²) in [4.78, 5) is 13.1. The van der Waals surface area contributed by atoms with Gasteiger partial charge in [0.25, 0.3) is 0 Å². The predicted molar refractivity (Wildman–Crippen MR) is 49.3 cm³/mol. The van der Waals surface area contributed by atoms with Crippen LogP contribution in [0.25, 0.3) is 0 Å². The van der Waals surface area contributed by atoms with Crippen LogP contribution in [0.5, 0.6) is 0 Å². The van der Waals surface area contributed by atoms with Crippen molar-refractivity contribution in [2.75, 3.05) is 26.2 Å². The molecule has 1 aliphatic rings. The first-order valence-electron chi connectivity index (χ1n) is 4.65. The third kappa shape index (κ3) is 3.20. The number of aliphatic hydroxyl groups is 1. The lowest BCUT2D eigenvalue weighted by molar-refractivity contribution is 0.0938. The van der Waals surface area contributed by atoms with Crippen LogP contribution in [-0.4, -0.2) is 48.3 Å². The van der Waals surface area contributed by atoms with Crippen LogP contribution in [0.15, 0.2) is 0 Å². The van der Waals surface area contributed by atoms with E-state index >= 15 is 0 Å². The number of carbonyl (C=O) groups excluding carboxylic acids is 1. The summed E-state index contributed by atoms with van der Waals surface area (Å²) in [5, 5.41) is 11.9. The molecule has 0 saturated carbocycles. The smallest absolute Gasteiger partial charge is 0.317 e. The van der Waals surface area contributed by atoms with Gasteiger partial charge in [0.1, 0.15) is 0 Å². The molecule has 0 aromatic heterocycles. The highest BCUT2D eigenvalue weighted by molar-refractivity contribution is 5.74. The third-order valence-electron chi connectivity index (χ3n) is 2.17. The number of nitrogens with zero attached hydrogens (tertiary/aromatic N) is 1. The molecule has 5 heteroatoms. The molecule has 0 unspecified atom stereocenters. The molecule has 76 valence electrons. The van der Waals surface area contributed by atoms with Crippen molar-refractivity contribution in [3.63, 3.8) is 0 Å². The highest BCUT2D eigenvalue weighted by Gasteiger charge is 2.20. The highest BCUT2D eigenvalue weighted by Crippen LogP contribution is 2.09. The second-order valence-corrected chi connectivity index (χ2v) is 3.24. The largest absolute Gasteiger partial charge is 0.393 e. The molecule has 13 heavy (non-hydrogen) atoms. The minimum Gasteiger partial charge on any atom is -0.393 e. The van der Waals surface area contributed by atoms with Crippen LogP contribution >= 0.6 is 0 Å². The first-order chi connectivity index (χ1) is 6.24. The number of amides is 2. The fourth-order valence-electron chi connectivity index (χ4n) is 1.36. The number of nitrogens with one attached hydrogen (secondary N) is 1. The van der Waals surface area contributed by atoms with E-state index in [4.69, 9.17) is 5.73 Å². The lowest BCUT2D eigenvalue weighted by Crippen LogP contribution is -2.46. The molecule has 1 rings (SSSR count). The van der Waals surface area contributed by atoms with Crippen LogP contribution in [0.1, 0.15) is 12.8 Å². The lowest BCUT2D eigenvalue weighted by atomic mass is 10.1. The maximum absolute atomic E-state index is 11.3. The molecule has 0 spiro atoms. The molecule has 0 radical (unpaired) electrons. The van der Waals surface area contributed by atoms with Gasteiger partial charge in [-0.3, -0.25) is 0 Å². The monoisotopic (exact) mass is 187 g/mol. The van der Waals surface area contributed by atoms with Gasteiger partial charge in [0, 0.05) is 26.2 Å². The van der Waals surface area contributed by atoms with Crippen LogP contribution < -0.4 is 11.1 Å². The number of nitrogens with two attached hydrogens (primary N) is 1. The zero-order chi connectivity index (χ0) is 9.68. The zero-order valence-corrected chi connectivity index (χ0v) is 7.70. The number of hydrogen-bond donors (Lipinski definition) is 3. The van der Waals surface area contributed by atoms with Crippen LogP contribution in [0.2, 0.25) is 0 Å². The van der Waals surface area contributed by atoms with E-state index < -0.39 is 0 Å². The van der Waals surface area contributed by atoms with Gasteiger partial charge < -0.3 is 21.1 Å². The molecular formula is C8H17N3O2. The van der Waals surface area contributed by atoms with Crippen molar-refractivity contribution in [3.8, 4) is 0 Å². The van der Waals surface area contributed by atoms with Crippen molar-refractivity contribution in [1.29, 1.82) is 0 Å². The van der Waals surface area contributed by atoms with E-state index in [-0.39, 0.29) is 12.1 Å². The Morgan fingerprint density at radius 1 is 1.54 bits per heavy atom. The maximum Gasteiger partial charge on any atom is 0.317 e. The standard InChI is InChI=1S/C8H17N3O2/c9-3-4-10-8(13)11-5-1-7(12)2-6-11/h7,12H,1-6,9H2,(H,10,13). The van der Waals surface area contributed by atoms with Crippen LogP contribution in [0, 0.1) is 0 Å². The predicted octanol–water partition coefficient (Wildman–Crippen LogP) is -0.889. The van der Waals surface area contributed by atoms with Gasteiger partial charge in [0.15, 0.2) is 0 Å². The Balaban J connectivity index is 2.23. The number of likely N-dealkylation sites (tertiary alicyclic amines) is 1. The Hall–Kier alpha value is -0.810. The molecule has 2 amide bonds. The Kier molecular flexibility index (Phi) is 3.98. The van der Waals surface area contributed by atoms with Gasteiger partial charge in [-0.05, 0) is 12.8 Å². The molecule has 0 aliphatic carbocycles. The number of piperidine rings is 1. The average molecular weight is 187 g/mol. The van der Waals surface area contributed by atoms with Crippen molar-refractivity contribution in [1.82, 2.24) is 10.2 Å². The molecular weight excluding hydrogens is 170 g/mol. The number of hydrogen-bond acceptors (Lipinski definition) is 3. The van der Waals surface area contributed by atoms with E-state index in [1.54, 1.807) is 4.90 Å². The number of aliphatic hydroxyl groups excluding tert-OH is 1. The fourth-order valence-corrected chi connectivity index (χ4v) is 1.36. The van der Waals surface area contributed by atoms with E-state index in [2.05, 4.69) is 5.32 Å². The van der Waals surface area contributed by atoms with Crippen LogP contribution in [0.4, 0.5) is 4.79 Å². The van der Waals surface area contributed by atoms with Gasteiger partial charge >= 0.3 is 6.03 Å². The van der Waals surface area contributed by atoms with Crippen molar-refractivity contribution < 1.29 is 9.90 Å². The molecule has 1 saturated heterocycles. The van der Waals surface area contributed by atoms with E-state index in [1.807, 2.05) is 0 Å². The minimum absolute atomic E-state index is 0.0719. The average Bonchev–Trinajstić information content (AvgIpc) is 2.15. The second kappa shape index (κ2) is 5.04. The summed E-state index contributed by atoms with van der Waals surface area (Å²) in [6, 6.07) is -0.0719. The zero-order valence-electron chi connectivity index (χ0n) is 7.70. The van der Waals surface area contributed by atoms with Crippen molar-refractivity contribution in [2.24, 2.45) is 5.73 Å². The summed E-state index contributed by atoms with van der Waals surface area (Å²) in [6.45, 7) is 2.25. The van der Waals surface area contributed by atoms with Crippen molar-refractivity contribution >= 4 is 6.03 Å². The third-order valence-corrected chi connectivity index (χ3v) is 2.17. The van der Waals surface area contributed by atoms with Crippen molar-refractivity contribution in [2.45, 2.75) is 18.9 Å². The molecule has 1 aliphatic heterocycles. The minimum atomic E-state index is -0.237. The van der Waals surface area contributed by atoms with E-state index in [0.717, 1.165) is 0 Å². The Morgan fingerprint density at radius 3 is 2.69 bits per heavy atom. The summed E-state index contributed by atoms with van der Waals surface area (Å²) in [5.41, 5.74) is 5.26. The summed E-state index contributed by atoms with van der Waals surface area (Å²) in [6.07, 6.45) is 1.12. The number of rotatable bonds is 2. The van der Waals surface area contributed by atoms with Crippen LogP contribution in [0.3, 0.4) is 0 Å². The molecule has 0 atom stereocenters. The molecule has 0 aromatic rings. The molecule has 4 N–H and O–H groups in total. The van der Waals surface area contributed by atoms with E-state index in [0.29, 0.717) is 39.0 Å². The lowest BCUT2D eigenvalue weighted by Gasteiger charge is -2.29. The number of carbonyl (C=O) groups is 1. The first kappa shape index (κ1) is 10.3. The Bertz CT molecular complexity index is 167. The molecule has 1 fully saturated rings. The summed E-state index contributed by atoms with van der Waals surface area (Å²) in [5.74, 6) is 0. The Labute approximate surface area is 77.9 Å².